The van der Waals surface area contributed by atoms with Crippen LogP contribution in [0.1, 0.15) is 0 Å². The molecule has 8 heteroatoms. The molecule has 2 heterocycles. The SMILES string of the molecule is CSc1cccc(Nc2nc(N)nc(-n3ccnc3)n2)c1. The number of hydrogen-bond acceptors (Lipinski definition) is 7. The van der Waals surface area contributed by atoms with Gasteiger partial charge in [-0.25, -0.2) is 4.98 Å². The summed E-state index contributed by atoms with van der Waals surface area (Å²) in [6.45, 7) is 0. The quantitative estimate of drug-likeness (QED) is 0.712. The number of nitrogen functional groups attached to an aromatic ring is 1. The average molecular weight is 299 g/mol. The van der Waals surface area contributed by atoms with Crippen LogP contribution in [0.4, 0.5) is 17.6 Å². The second kappa shape index (κ2) is 5.80. The van der Waals surface area contributed by atoms with Gasteiger partial charge in [-0.1, -0.05) is 6.07 Å². The Hall–Kier alpha value is -2.61. The van der Waals surface area contributed by atoms with Crippen molar-refractivity contribution in [2.24, 2.45) is 0 Å². The summed E-state index contributed by atoms with van der Waals surface area (Å²) in [5.41, 5.74) is 6.63. The van der Waals surface area contributed by atoms with Crippen LogP contribution < -0.4 is 11.1 Å². The number of thioether (sulfide) groups is 1. The molecule has 0 saturated carbocycles. The van der Waals surface area contributed by atoms with E-state index >= 15 is 0 Å². The Morgan fingerprint density at radius 2 is 2.14 bits per heavy atom. The second-order valence-corrected chi connectivity index (χ2v) is 5.02. The zero-order valence-electron chi connectivity index (χ0n) is 11.3. The topological polar surface area (TPSA) is 94.5 Å². The Bertz CT molecular complexity index is 742. The van der Waals surface area contributed by atoms with Crippen molar-refractivity contribution in [1.29, 1.82) is 0 Å². The first-order chi connectivity index (χ1) is 10.2. The van der Waals surface area contributed by atoms with Gasteiger partial charge in [-0.3, -0.25) is 4.57 Å². The molecule has 0 radical (unpaired) electrons. The van der Waals surface area contributed by atoms with E-state index in [-0.39, 0.29) is 5.95 Å². The summed E-state index contributed by atoms with van der Waals surface area (Å²) >= 11 is 1.67. The maximum Gasteiger partial charge on any atom is 0.241 e. The maximum absolute atomic E-state index is 5.74. The van der Waals surface area contributed by atoms with E-state index in [0.717, 1.165) is 10.6 Å². The lowest BCUT2D eigenvalue weighted by Crippen LogP contribution is -2.08. The molecule has 3 aromatic rings. The Kier molecular flexibility index (Phi) is 3.69. The molecule has 0 aliphatic carbocycles. The van der Waals surface area contributed by atoms with Crippen LogP contribution in [0.15, 0.2) is 47.9 Å². The van der Waals surface area contributed by atoms with Crippen molar-refractivity contribution >= 4 is 29.3 Å². The summed E-state index contributed by atoms with van der Waals surface area (Å²) < 4.78 is 1.67. The molecule has 1 aromatic carbocycles. The van der Waals surface area contributed by atoms with Crippen molar-refractivity contribution in [1.82, 2.24) is 24.5 Å². The van der Waals surface area contributed by atoms with Crippen LogP contribution in [0.2, 0.25) is 0 Å². The molecule has 0 aliphatic rings. The minimum Gasteiger partial charge on any atom is -0.368 e. The molecular weight excluding hydrogens is 286 g/mol. The third-order valence-electron chi connectivity index (χ3n) is 2.70. The molecule has 21 heavy (non-hydrogen) atoms. The van der Waals surface area contributed by atoms with Crippen molar-refractivity contribution in [2.45, 2.75) is 4.90 Å². The highest BCUT2D eigenvalue weighted by atomic mass is 32.2. The van der Waals surface area contributed by atoms with Crippen molar-refractivity contribution in [2.75, 3.05) is 17.3 Å². The zero-order valence-corrected chi connectivity index (χ0v) is 12.1. The van der Waals surface area contributed by atoms with Crippen LogP contribution in [-0.4, -0.2) is 30.8 Å². The number of rotatable bonds is 4. The lowest BCUT2D eigenvalue weighted by atomic mass is 10.3. The summed E-state index contributed by atoms with van der Waals surface area (Å²) in [6, 6.07) is 7.96. The van der Waals surface area contributed by atoms with Gasteiger partial charge in [-0.15, -0.1) is 11.8 Å². The third-order valence-corrected chi connectivity index (χ3v) is 3.43. The van der Waals surface area contributed by atoms with Crippen molar-refractivity contribution in [3.05, 3.63) is 43.0 Å². The largest absolute Gasteiger partial charge is 0.368 e. The molecule has 106 valence electrons. The van der Waals surface area contributed by atoms with E-state index in [9.17, 15) is 0 Å². The fraction of sp³-hybridized carbons (Fsp3) is 0.0769. The van der Waals surface area contributed by atoms with Crippen LogP contribution in [-0.2, 0) is 0 Å². The predicted octanol–water partition coefficient (Wildman–Crippen LogP) is 2.10. The number of nitrogens with two attached hydrogens (primary N) is 1. The van der Waals surface area contributed by atoms with E-state index in [4.69, 9.17) is 5.73 Å². The van der Waals surface area contributed by atoms with Gasteiger partial charge in [-0.05, 0) is 24.5 Å². The molecule has 0 fully saturated rings. The fourth-order valence-electron chi connectivity index (χ4n) is 1.76. The molecule has 0 unspecified atom stereocenters. The third kappa shape index (κ3) is 3.11. The van der Waals surface area contributed by atoms with Crippen molar-refractivity contribution < 1.29 is 0 Å². The highest BCUT2D eigenvalue weighted by Crippen LogP contribution is 2.21. The van der Waals surface area contributed by atoms with E-state index in [0.29, 0.717) is 11.9 Å². The monoisotopic (exact) mass is 299 g/mol. The molecule has 0 bridgehead atoms. The summed E-state index contributed by atoms with van der Waals surface area (Å²) in [6.07, 6.45) is 7.02. The summed E-state index contributed by atoms with van der Waals surface area (Å²) in [7, 11) is 0. The van der Waals surface area contributed by atoms with Gasteiger partial charge in [-0.2, -0.15) is 15.0 Å². The first-order valence-corrected chi connectivity index (χ1v) is 7.38. The standard InChI is InChI=1S/C13H13N7S/c1-21-10-4-2-3-9(7-10)16-12-17-11(14)18-13(19-12)20-6-5-15-8-20/h2-8H,1H3,(H3,14,16,17,18,19). The van der Waals surface area contributed by atoms with Gasteiger partial charge < -0.3 is 11.1 Å². The van der Waals surface area contributed by atoms with Crippen LogP contribution >= 0.6 is 11.8 Å². The summed E-state index contributed by atoms with van der Waals surface area (Å²) in [4.78, 5) is 17.6. The van der Waals surface area contributed by atoms with Crippen molar-refractivity contribution in [3.8, 4) is 5.95 Å². The normalized spacial score (nSPS) is 10.5. The van der Waals surface area contributed by atoms with Gasteiger partial charge in [0.1, 0.15) is 6.33 Å². The molecule has 0 atom stereocenters. The molecule has 3 rings (SSSR count). The van der Waals surface area contributed by atoms with E-state index < -0.39 is 0 Å². The van der Waals surface area contributed by atoms with E-state index in [1.54, 1.807) is 35.0 Å². The highest BCUT2D eigenvalue weighted by Gasteiger charge is 2.06. The number of anilines is 3. The van der Waals surface area contributed by atoms with Crippen LogP contribution in [0.3, 0.4) is 0 Å². The molecular formula is C13H13N7S. The number of aromatic nitrogens is 5. The number of nitrogens with one attached hydrogen (secondary N) is 1. The minimum atomic E-state index is 0.150. The number of imidazole rings is 1. The summed E-state index contributed by atoms with van der Waals surface area (Å²) in [5.74, 6) is 0.963. The second-order valence-electron chi connectivity index (χ2n) is 4.14. The number of hydrogen-bond donors (Lipinski definition) is 2. The molecule has 0 saturated heterocycles. The fourth-order valence-corrected chi connectivity index (χ4v) is 2.22. The first kappa shape index (κ1) is 13.4. The Morgan fingerprint density at radius 1 is 1.24 bits per heavy atom. The maximum atomic E-state index is 5.74. The molecule has 3 N–H and O–H groups in total. The molecule has 2 aromatic heterocycles. The Morgan fingerprint density at radius 3 is 2.90 bits per heavy atom. The Balaban J connectivity index is 1.91. The van der Waals surface area contributed by atoms with E-state index in [2.05, 4.69) is 25.3 Å². The number of benzene rings is 1. The summed E-state index contributed by atoms with van der Waals surface area (Å²) in [5, 5.41) is 3.13. The van der Waals surface area contributed by atoms with Crippen LogP contribution in [0.25, 0.3) is 5.95 Å². The smallest absolute Gasteiger partial charge is 0.241 e. The van der Waals surface area contributed by atoms with Gasteiger partial charge in [0.25, 0.3) is 0 Å². The van der Waals surface area contributed by atoms with Gasteiger partial charge in [0, 0.05) is 23.0 Å². The highest BCUT2D eigenvalue weighted by molar-refractivity contribution is 7.98. The van der Waals surface area contributed by atoms with E-state index in [1.807, 2.05) is 30.5 Å². The van der Waals surface area contributed by atoms with Gasteiger partial charge in [0.05, 0.1) is 0 Å². The lowest BCUT2D eigenvalue weighted by Gasteiger charge is -2.08. The average Bonchev–Trinajstić information content (AvgIpc) is 3.01. The molecule has 0 amide bonds. The first-order valence-electron chi connectivity index (χ1n) is 6.15. The molecule has 0 spiro atoms. The van der Waals surface area contributed by atoms with Gasteiger partial charge in [0.2, 0.25) is 17.8 Å². The van der Waals surface area contributed by atoms with Gasteiger partial charge in [0.15, 0.2) is 0 Å². The molecule has 0 aliphatic heterocycles. The molecule has 7 nitrogen and oxygen atoms in total. The van der Waals surface area contributed by atoms with Crippen LogP contribution in [0.5, 0.6) is 0 Å². The van der Waals surface area contributed by atoms with E-state index in [1.165, 1.54) is 0 Å². The zero-order chi connectivity index (χ0) is 14.7. The Labute approximate surface area is 125 Å². The lowest BCUT2D eigenvalue weighted by molar-refractivity contribution is 0.906. The number of nitrogens with zero attached hydrogens (tertiary/aromatic N) is 5. The van der Waals surface area contributed by atoms with Crippen LogP contribution in [0, 0.1) is 0 Å². The minimum absolute atomic E-state index is 0.150. The van der Waals surface area contributed by atoms with Crippen molar-refractivity contribution in [3.63, 3.8) is 0 Å². The van der Waals surface area contributed by atoms with Gasteiger partial charge >= 0.3 is 0 Å². The predicted molar refractivity (Wildman–Crippen MR) is 82.9 cm³/mol.